The fourth-order valence-electron chi connectivity index (χ4n) is 2.63. The van der Waals surface area contributed by atoms with Gasteiger partial charge < -0.3 is 10.2 Å². The monoisotopic (exact) mass is 271 g/mol. The molecule has 1 amide bonds. The van der Waals surface area contributed by atoms with E-state index in [4.69, 9.17) is 5.26 Å². The predicted octanol–water partition coefficient (Wildman–Crippen LogP) is 2.44. The lowest BCUT2D eigenvalue weighted by Gasteiger charge is -2.24. The van der Waals surface area contributed by atoms with E-state index in [2.05, 4.69) is 11.4 Å². The van der Waals surface area contributed by atoms with Gasteiger partial charge in [-0.1, -0.05) is 18.6 Å². The zero-order valence-corrected chi connectivity index (χ0v) is 11.9. The Morgan fingerprint density at radius 1 is 1.45 bits per heavy atom. The van der Waals surface area contributed by atoms with Crippen LogP contribution in [0.15, 0.2) is 24.3 Å². The van der Waals surface area contributed by atoms with Crippen LogP contribution in [-0.2, 0) is 4.79 Å². The average molecular weight is 271 g/mol. The summed E-state index contributed by atoms with van der Waals surface area (Å²) in [4.78, 5) is 13.8. The summed E-state index contributed by atoms with van der Waals surface area (Å²) >= 11 is 0. The Morgan fingerprint density at radius 3 is 2.95 bits per heavy atom. The van der Waals surface area contributed by atoms with Crippen molar-refractivity contribution in [2.24, 2.45) is 0 Å². The number of carbonyl (C=O) groups excluding carboxylic acids is 1. The number of benzene rings is 1. The van der Waals surface area contributed by atoms with Crippen molar-refractivity contribution in [1.82, 2.24) is 5.32 Å². The van der Waals surface area contributed by atoms with E-state index in [-0.39, 0.29) is 5.91 Å². The molecule has 4 nitrogen and oxygen atoms in total. The van der Waals surface area contributed by atoms with Crippen molar-refractivity contribution in [3.8, 4) is 6.07 Å². The van der Waals surface area contributed by atoms with Crippen molar-refractivity contribution in [1.29, 1.82) is 5.26 Å². The van der Waals surface area contributed by atoms with Crippen molar-refractivity contribution < 1.29 is 4.79 Å². The summed E-state index contributed by atoms with van der Waals surface area (Å²) in [6, 6.07) is 9.81. The molecule has 1 heterocycles. The first kappa shape index (κ1) is 14.5. The molecule has 0 radical (unpaired) electrons. The van der Waals surface area contributed by atoms with Gasteiger partial charge in [0.1, 0.15) is 6.07 Å². The van der Waals surface area contributed by atoms with Gasteiger partial charge in [-0.15, -0.1) is 0 Å². The average Bonchev–Trinajstić information content (AvgIpc) is 2.52. The van der Waals surface area contributed by atoms with E-state index >= 15 is 0 Å². The highest BCUT2D eigenvalue weighted by atomic mass is 16.2. The summed E-state index contributed by atoms with van der Waals surface area (Å²) in [7, 11) is 1.74. The number of nitrogens with one attached hydrogen (secondary N) is 1. The molecule has 1 N–H and O–H groups in total. The quantitative estimate of drug-likeness (QED) is 0.915. The standard InChI is InChI=1S/C16H21N3O/c1-19(15-8-3-2-6-13(15)12-17)16(20)10-9-14-7-4-5-11-18-14/h2-3,6,8,14,18H,4-5,7,9-11H2,1H3. The summed E-state index contributed by atoms with van der Waals surface area (Å²) in [5.41, 5.74) is 1.23. The maximum Gasteiger partial charge on any atom is 0.226 e. The molecule has 0 saturated carbocycles. The molecular weight excluding hydrogens is 250 g/mol. The van der Waals surface area contributed by atoms with Crippen LogP contribution < -0.4 is 10.2 Å². The van der Waals surface area contributed by atoms with Crippen LogP contribution in [0.1, 0.15) is 37.7 Å². The third-order valence-corrected chi connectivity index (χ3v) is 3.88. The molecule has 1 aliphatic heterocycles. The molecule has 0 bridgehead atoms. The lowest BCUT2D eigenvalue weighted by Crippen LogP contribution is -2.35. The highest BCUT2D eigenvalue weighted by Crippen LogP contribution is 2.20. The van der Waals surface area contributed by atoms with Gasteiger partial charge in [0.05, 0.1) is 11.3 Å². The number of hydrogen-bond donors (Lipinski definition) is 1. The summed E-state index contributed by atoms with van der Waals surface area (Å²) < 4.78 is 0. The SMILES string of the molecule is CN(C(=O)CCC1CCCCN1)c1ccccc1C#N. The Balaban J connectivity index is 1.93. The van der Waals surface area contributed by atoms with Gasteiger partial charge in [-0.25, -0.2) is 0 Å². The number of nitrogens with zero attached hydrogens (tertiary/aromatic N) is 2. The van der Waals surface area contributed by atoms with E-state index in [1.807, 2.05) is 18.2 Å². The van der Waals surface area contributed by atoms with Gasteiger partial charge in [0.25, 0.3) is 0 Å². The number of anilines is 1. The summed E-state index contributed by atoms with van der Waals surface area (Å²) in [6.07, 6.45) is 5.04. The molecule has 20 heavy (non-hydrogen) atoms. The third kappa shape index (κ3) is 3.58. The van der Waals surface area contributed by atoms with Crippen molar-refractivity contribution in [3.05, 3.63) is 29.8 Å². The maximum absolute atomic E-state index is 12.2. The molecule has 0 aliphatic carbocycles. The van der Waals surface area contributed by atoms with Crippen LogP contribution >= 0.6 is 0 Å². The number of nitriles is 1. The Labute approximate surface area is 120 Å². The van der Waals surface area contributed by atoms with Gasteiger partial charge in [0.15, 0.2) is 0 Å². The number of carbonyl (C=O) groups is 1. The molecule has 4 heteroatoms. The second-order valence-electron chi connectivity index (χ2n) is 5.27. The first-order valence-corrected chi connectivity index (χ1v) is 7.21. The topological polar surface area (TPSA) is 56.1 Å². The number of rotatable bonds is 4. The Kier molecular flexibility index (Phi) is 5.14. The molecule has 1 aliphatic rings. The largest absolute Gasteiger partial charge is 0.314 e. The Morgan fingerprint density at radius 2 is 2.25 bits per heavy atom. The minimum absolute atomic E-state index is 0.0695. The summed E-state index contributed by atoms with van der Waals surface area (Å²) in [6.45, 7) is 1.06. The van der Waals surface area contributed by atoms with Gasteiger partial charge in [-0.2, -0.15) is 5.26 Å². The van der Waals surface area contributed by atoms with Crippen LogP contribution in [0.3, 0.4) is 0 Å². The highest BCUT2D eigenvalue weighted by Gasteiger charge is 2.17. The van der Waals surface area contributed by atoms with Crippen molar-refractivity contribution in [2.45, 2.75) is 38.1 Å². The molecule has 1 atom stereocenters. The molecule has 1 fully saturated rings. The molecule has 1 aromatic carbocycles. The summed E-state index contributed by atoms with van der Waals surface area (Å²) in [5, 5.41) is 12.5. The molecule has 0 aromatic heterocycles. The third-order valence-electron chi connectivity index (χ3n) is 3.88. The van der Waals surface area contributed by atoms with E-state index < -0.39 is 0 Å². The maximum atomic E-state index is 12.2. The zero-order chi connectivity index (χ0) is 14.4. The number of para-hydroxylation sites is 1. The van der Waals surface area contributed by atoms with Crippen LogP contribution in [0.25, 0.3) is 0 Å². The van der Waals surface area contributed by atoms with Gasteiger partial charge >= 0.3 is 0 Å². The van der Waals surface area contributed by atoms with E-state index in [0.717, 1.165) is 19.4 Å². The lowest BCUT2D eigenvalue weighted by atomic mass is 10.0. The molecule has 0 spiro atoms. The molecule has 106 valence electrons. The fraction of sp³-hybridized carbons (Fsp3) is 0.500. The second-order valence-corrected chi connectivity index (χ2v) is 5.27. The fourth-order valence-corrected chi connectivity index (χ4v) is 2.63. The molecule has 1 unspecified atom stereocenters. The minimum Gasteiger partial charge on any atom is -0.314 e. The van der Waals surface area contributed by atoms with Crippen LogP contribution in [0.2, 0.25) is 0 Å². The first-order chi connectivity index (χ1) is 9.72. The van der Waals surface area contributed by atoms with Gasteiger partial charge in [0.2, 0.25) is 5.91 Å². The predicted molar refractivity (Wildman–Crippen MR) is 79.4 cm³/mol. The number of hydrogen-bond acceptors (Lipinski definition) is 3. The van der Waals surface area contributed by atoms with Crippen molar-refractivity contribution in [2.75, 3.05) is 18.5 Å². The van der Waals surface area contributed by atoms with E-state index in [1.54, 1.807) is 18.0 Å². The first-order valence-electron chi connectivity index (χ1n) is 7.21. The van der Waals surface area contributed by atoms with E-state index in [1.165, 1.54) is 12.8 Å². The molecule has 1 aromatic rings. The van der Waals surface area contributed by atoms with Crippen molar-refractivity contribution >= 4 is 11.6 Å². The number of amides is 1. The molecular formula is C16H21N3O. The van der Waals surface area contributed by atoms with Gasteiger partial charge in [-0.05, 0) is 37.9 Å². The molecule has 1 saturated heterocycles. The minimum atomic E-state index is 0.0695. The van der Waals surface area contributed by atoms with E-state index in [0.29, 0.717) is 23.7 Å². The smallest absolute Gasteiger partial charge is 0.226 e. The van der Waals surface area contributed by atoms with Crippen molar-refractivity contribution in [3.63, 3.8) is 0 Å². The van der Waals surface area contributed by atoms with Crippen LogP contribution in [0, 0.1) is 11.3 Å². The summed E-state index contributed by atoms with van der Waals surface area (Å²) in [5.74, 6) is 0.0695. The zero-order valence-electron chi connectivity index (χ0n) is 11.9. The second kappa shape index (κ2) is 7.06. The molecule has 2 rings (SSSR count). The van der Waals surface area contributed by atoms with E-state index in [9.17, 15) is 4.79 Å². The van der Waals surface area contributed by atoms with Gasteiger partial charge in [-0.3, -0.25) is 4.79 Å². The lowest BCUT2D eigenvalue weighted by molar-refractivity contribution is -0.118. The van der Waals surface area contributed by atoms with Crippen LogP contribution in [0.5, 0.6) is 0 Å². The Bertz CT molecular complexity index is 501. The van der Waals surface area contributed by atoms with Crippen LogP contribution in [0.4, 0.5) is 5.69 Å². The highest BCUT2D eigenvalue weighted by molar-refractivity contribution is 5.94. The number of piperidine rings is 1. The Hall–Kier alpha value is -1.86. The van der Waals surface area contributed by atoms with Gasteiger partial charge in [0, 0.05) is 19.5 Å². The van der Waals surface area contributed by atoms with Crippen LogP contribution in [-0.4, -0.2) is 25.5 Å². The normalized spacial score (nSPS) is 18.3.